The van der Waals surface area contributed by atoms with Crippen molar-refractivity contribution in [2.45, 2.75) is 0 Å². The molecule has 4 nitrogen and oxygen atoms in total. The molecular formula is C8H4NO3. The van der Waals surface area contributed by atoms with Gasteiger partial charge in [-0.15, -0.1) is 0 Å². The third kappa shape index (κ3) is 0.934. The maximum absolute atomic E-state index is 10.3. The number of hydrogen-bond donors (Lipinski definition) is 0. The molecule has 0 amide bonds. The molecule has 0 spiro atoms. The highest BCUT2D eigenvalue weighted by molar-refractivity contribution is 5.82. The zero-order valence-electron chi connectivity index (χ0n) is 5.98. The van der Waals surface area contributed by atoms with E-state index in [0.29, 0.717) is 5.39 Å². The Morgan fingerprint density at radius 2 is 2.33 bits per heavy atom. The van der Waals surface area contributed by atoms with Crippen LogP contribution in [0.2, 0.25) is 0 Å². The highest BCUT2D eigenvalue weighted by Crippen LogP contribution is 2.20. The van der Waals surface area contributed by atoms with Crippen LogP contribution in [-0.4, -0.2) is 4.92 Å². The first-order chi connectivity index (χ1) is 5.77. The van der Waals surface area contributed by atoms with Crippen LogP contribution in [0.15, 0.2) is 28.9 Å². The van der Waals surface area contributed by atoms with Crippen LogP contribution in [0.5, 0.6) is 0 Å². The third-order valence-electron chi connectivity index (χ3n) is 1.60. The predicted molar refractivity (Wildman–Crippen MR) is 41.7 cm³/mol. The summed E-state index contributed by atoms with van der Waals surface area (Å²) in [5.74, 6) is 0. The van der Waals surface area contributed by atoms with E-state index in [9.17, 15) is 10.1 Å². The standard InChI is InChI=1S/C8H4NO3/c10-9(11)8-2-1-6-4-12-5-7(6)3-8/h1-4H. The fourth-order valence-electron chi connectivity index (χ4n) is 1.01. The Kier molecular flexibility index (Phi) is 1.33. The first-order valence-electron chi connectivity index (χ1n) is 3.31. The molecule has 59 valence electrons. The Hall–Kier alpha value is -1.84. The number of furan rings is 1. The van der Waals surface area contributed by atoms with E-state index in [1.54, 1.807) is 6.07 Å². The van der Waals surface area contributed by atoms with Gasteiger partial charge in [0.1, 0.15) is 0 Å². The van der Waals surface area contributed by atoms with Gasteiger partial charge < -0.3 is 4.42 Å². The van der Waals surface area contributed by atoms with Crippen molar-refractivity contribution >= 4 is 16.5 Å². The van der Waals surface area contributed by atoms with Gasteiger partial charge in [-0.25, -0.2) is 0 Å². The van der Waals surface area contributed by atoms with Crippen molar-refractivity contribution in [3.63, 3.8) is 0 Å². The molecule has 1 aromatic carbocycles. The second-order valence-corrected chi connectivity index (χ2v) is 2.37. The van der Waals surface area contributed by atoms with Gasteiger partial charge in [0.15, 0.2) is 6.26 Å². The Balaban J connectivity index is 2.68. The van der Waals surface area contributed by atoms with Gasteiger partial charge in [-0.1, -0.05) is 0 Å². The number of non-ortho nitro benzene ring substituents is 1. The minimum Gasteiger partial charge on any atom is -0.460 e. The van der Waals surface area contributed by atoms with Gasteiger partial charge in [0.2, 0.25) is 0 Å². The summed E-state index contributed by atoms with van der Waals surface area (Å²) in [6, 6.07) is 4.50. The quantitative estimate of drug-likeness (QED) is 0.476. The van der Waals surface area contributed by atoms with Gasteiger partial charge in [-0.2, -0.15) is 0 Å². The Labute approximate surface area is 67.6 Å². The van der Waals surface area contributed by atoms with Crippen molar-refractivity contribution in [1.29, 1.82) is 0 Å². The number of nitro benzene ring substituents is 1. The Morgan fingerprint density at radius 3 is 3.08 bits per heavy atom. The molecule has 2 aromatic rings. The zero-order chi connectivity index (χ0) is 8.55. The van der Waals surface area contributed by atoms with Crippen LogP contribution in [0.1, 0.15) is 0 Å². The topological polar surface area (TPSA) is 56.3 Å². The van der Waals surface area contributed by atoms with Gasteiger partial charge in [0.05, 0.1) is 11.2 Å². The minimum atomic E-state index is -0.444. The van der Waals surface area contributed by atoms with E-state index < -0.39 is 4.92 Å². The summed E-state index contributed by atoms with van der Waals surface area (Å²) in [6.07, 6.45) is 4.03. The SMILES string of the molecule is O=[N+]([O-])c1ccc2co[c]c2c1. The molecule has 0 aliphatic rings. The van der Waals surface area contributed by atoms with Crippen LogP contribution in [0.3, 0.4) is 0 Å². The molecule has 0 unspecified atom stereocenters. The molecule has 2 rings (SSSR count). The van der Waals surface area contributed by atoms with Gasteiger partial charge in [-0.05, 0) is 6.07 Å². The molecule has 0 atom stereocenters. The summed E-state index contributed by atoms with van der Waals surface area (Å²) in [6.45, 7) is 0. The smallest absolute Gasteiger partial charge is 0.270 e. The highest BCUT2D eigenvalue weighted by atomic mass is 16.6. The van der Waals surface area contributed by atoms with E-state index in [4.69, 9.17) is 4.42 Å². The highest BCUT2D eigenvalue weighted by Gasteiger charge is 2.06. The lowest BCUT2D eigenvalue weighted by Gasteiger charge is -1.88. The van der Waals surface area contributed by atoms with Crippen LogP contribution in [0.4, 0.5) is 5.69 Å². The lowest BCUT2D eigenvalue weighted by molar-refractivity contribution is -0.384. The number of fused-ring (bicyclic) bond motifs is 1. The van der Waals surface area contributed by atoms with Gasteiger partial charge >= 0.3 is 0 Å². The van der Waals surface area contributed by atoms with Crippen LogP contribution in [0.25, 0.3) is 10.8 Å². The molecule has 0 fully saturated rings. The van der Waals surface area contributed by atoms with E-state index in [-0.39, 0.29) is 5.69 Å². The van der Waals surface area contributed by atoms with Crippen molar-refractivity contribution in [1.82, 2.24) is 0 Å². The maximum Gasteiger partial charge on any atom is 0.270 e. The molecule has 0 bridgehead atoms. The molecule has 1 radical (unpaired) electrons. The van der Waals surface area contributed by atoms with Crippen molar-refractivity contribution < 1.29 is 9.34 Å². The summed E-state index contributed by atoms with van der Waals surface area (Å²) >= 11 is 0. The van der Waals surface area contributed by atoms with Gasteiger partial charge in [-0.3, -0.25) is 10.1 Å². The molecule has 1 aromatic heterocycles. The van der Waals surface area contributed by atoms with E-state index in [1.807, 2.05) is 0 Å². The fraction of sp³-hybridized carbons (Fsp3) is 0. The average molecular weight is 162 g/mol. The number of nitrogens with zero attached hydrogens (tertiary/aromatic N) is 1. The first-order valence-corrected chi connectivity index (χ1v) is 3.31. The molecule has 1 heterocycles. The number of hydrogen-bond acceptors (Lipinski definition) is 3. The van der Waals surface area contributed by atoms with Gasteiger partial charge in [0, 0.05) is 22.9 Å². The van der Waals surface area contributed by atoms with Crippen LogP contribution in [0, 0.1) is 16.4 Å². The van der Waals surface area contributed by atoms with Crippen LogP contribution >= 0.6 is 0 Å². The summed E-state index contributed by atoms with van der Waals surface area (Å²) in [5, 5.41) is 11.8. The fourth-order valence-corrected chi connectivity index (χ4v) is 1.01. The molecular weight excluding hydrogens is 158 g/mol. The summed E-state index contributed by atoms with van der Waals surface area (Å²) in [4.78, 5) is 9.88. The molecule has 4 heteroatoms. The van der Waals surface area contributed by atoms with E-state index in [0.717, 1.165) is 5.39 Å². The summed E-state index contributed by atoms with van der Waals surface area (Å²) in [5.41, 5.74) is 0.0557. The number of nitro groups is 1. The van der Waals surface area contributed by atoms with Crippen LogP contribution < -0.4 is 0 Å². The molecule has 0 saturated carbocycles. The number of rotatable bonds is 1. The maximum atomic E-state index is 10.3. The lowest BCUT2D eigenvalue weighted by Crippen LogP contribution is -1.85. The number of benzene rings is 1. The van der Waals surface area contributed by atoms with Crippen molar-refractivity contribution in [2.24, 2.45) is 0 Å². The molecule has 0 N–H and O–H groups in total. The molecule has 0 aliphatic heterocycles. The predicted octanol–water partition coefficient (Wildman–Crippen LogP) is 2.14. The lowest BCUT2D eigenvalue weighted by atomic mass is 10.2. The zero-order valence-corrected chi connectivity index (χ0v) is 5.98. The minimum absolute atomic E-state index is 0.0557. The Morgan fingerprint density at radius 1 is 1.50 bits per heavy atom. The normalized spacial score (nSPS) is 10.3. The average Bonchev–Trinajstić information content (AvgIpc) is 2.49. The van der Waals surface area contributed by atoms with Crippen molar-refractivity contribution in [2.75, 3.05) is 0 Å². The second kappa shape index (κ2) is 2.34. The first kappa shape index (κ1) is 6.84. The van der Waals surface area contributed by atoms with Crippen LogP contribution in [-0.2, 0) is 0 Å². The molecule has 12 heavy (non-hydrogen) atoms. The summed E-state index contributed by atoms with van der Waals surface area (Å²) < 4.78 is 4.75. The monoisotopic (exact) mass is 162 g/mol. The van der Waals surface area contributed by atoms with E-state index in [2.05, 4.69) is 6.26 Å². The van der Waals surface area contributed by atoms with Gasteiger partial charge in [0.25, 0.3) is 5.69 Å². The molecule has 0 saturated heterocycles. The Bertz CT molecular complexity index is 433. The summed E-state index contributed by atoms with van der Waals surface area (Å²) in [7, 11) is 0. The largest absolute Gasteiger partial charge is 0.460 e. The van der Waals surface area contributed by atoms with Crippen molar-refractivity contribution in [3.05, 3.63) is 40.8 Å². The third-order valence-corrected chi connectivity index (χ3v) is 1.60. The van der Waals surface area contributed by atoms with E-state index >= 15 is 0 Å². The van der Waals surface area contributed by atoms with E-state index in [1.165, 1.54) is 18.4 Å². The second-order valence-electron chi connectivity index (χ2n) is 2.37. The van der Waals surface area contributed by atoms with Crippen molar-refractivity contribution in [3.8, 4) is 0 Å². The molecule has 0 aliphatic carbocycles.